The van der Waals surface area contributed by atoms with Gasteiger partial charge in [0.15, 0.2) is 0 Å². The van der Waals surface area contributed by atoms with Gasteiger partial charge in [-0.1, -0.05) is 32.6 Å². The molecule has 1 fully saturated rings. The maximum Gasteiger partial charge on any atom is 0.371 e. The minimum absolute atomic E-state index is 0.00918. The van der Waals surface area contributed by atoms with Crippen LogP contribution in [0.4, 0.5) is 0 Å². The summed E-state index contributed by atoms with van der Waals surface area (Å²) in [5, 5.41) is 12.3. The number of hydrogen-bond acceptors (Lipinski definition) is 3. The van der Waals surface area contributed by atoms with Gasteiger partial charge in [-0.15, -0.1) is 0 Å². The number of carbonyl (C=O) groups is 1. The minimum Gasteiger partial charge on any atom is -0.475 e. The lowest BCUT2D eigenvalue weighted by Gasteiger charge is -2.26. The standard InChI is InChI=1S/C16H25NO3/c1-11-3-5-13(6-4-11)9-10-17-12(2)14-7-8-15(20-14)16(18)19/h7-8,11-13,17H,3-6,9-10H2,1-2H3,(H,18,19). The Morgan fingerprint density at radius 3 is 2.70 bits per heavy atom. The molecule has 0 aliphatic heterocycles. The fourth-order valence-electron chi connectivity index (χ4n) is 2.92. The number of nitrogens with one attached hydrogen (secondary N) is 1. The monoisotopic (exact) mass is 279 g/mol. The fourth-order valence-corrected chi connectivity index (χ4v) is 2.92. The Labute approximate surface area is 120 Å². The largest absolute Gasteiger partial charge is 0.475 e. The van der Waals surface area contributed by atoms with Gasteiger partial charge in [0.05, 0.1) is 6.04 Å². The van der Waals surface area contributed by atoms with Crippen LogP contribution in [0.25, 0.3) is 0 Å². The van der Waals surface area contributed by atoms with Crippen molar-refractivity contribution in [3.63, 3.8) is 0 Å². The molecule has 1 aromatic heterocycles. The maximum absolute atomic E-state index is 10.8. The van der Waals surface area contributed by atoms with Crippen LogP contribution in [0.3, 0.4) is 0 Å². The molecule has 2 N–H and O–H groups in total. The lowest BCUT2D eigenvalue weighted by atomic mass is 9.81. The van der Waals surface area contributed by atoms with Crippen molar-refractivity contribution < 1.29 is 14.3 Å². The van der Waals surface area contributed by atoms with E-state index in [0.717, 1.165) is 18.4 Å². The van der Waals surface area contributed by atoms with Gasteiger partial charge in [-0.2, -0.15) is 0 Å². The van der Waals surface area contributed by atoms with Crippen molar-refractivity contribution in [2.45, 2.75) is 52.0 Å². The Bertz CT molecular complexity index is 433. The Kier molecular flexibility index (Phi) is 5.24. The Hall–Kier alpha value is -1.29. The SMILES string of the molecule is CC1CCC(CCNC(C)c2ccc(C(=O)O)o2)CC1. The summed E-state index contributed by atoms with van der Waals surface area (Å²) in [5.74, 6) is 1.43. The van der Waals surface area contributed by atoms with E-state index in [2.05, 4.69) is 12.2 Å². The van der Waals surface area contributed by atoms with Crippen molar-refractivity contribution in [2.24, 2.45) is 11.8 Å². The van der Waals surface area contributed by atoms with Crippen LogP contribution >= 0.6 is 0 Å². The third-order valence-electron chi connectivity index (χ3n) is 4.40. The van der Waals surface area contributed by atoms with Gasteiger partial charge < -0.3 is 14.8 Å². The molecule has 112 valence electrons. The summed E-state index contributed by atoms with van der Waals surface area (Å²) in [7, 11) is 0. The van der Waals surface area contributed by atoms with Gasteiger partial charge >= 0.3 is 5.97 Å². The molecule has 0 spiro atoms. The summed E-state index contributed by atoms with van der Waals surface area (Å²) in [6.45, 7) is 5.31. The van der Waals surface area contributed by atoms with E-state index >= 15 is 0 Å². The minimum atomic E-state index is -1.01. The van der Waals surface area contributed by atoms with E-state index in [1.807, 2.05) is 6.92 Å². The number of carboxylic acid groups (broad SMARTS) is 1. The van der Waals surface area contributed by atoms with Crippen molar-refractivity contribution in [2.75, 3.05) is 6.54 Å². The highest BCUT2D eigenvalue weighted by molar-refractivity contribution is 5.84. The number of carboxylic acids is 1. The van der Waals surface area contributed by atoms with Crippen LogP contribution in [0.15, 0.2) is 16.5 Å². The summed E-state index contributed by atoms with van der Waals surface area (Å²) >= 11 is 0. The van der Waals surface area contributed by atoms with Gasteiger partial charge in [0.2, 0.25) is 5.76 Å². The van der Waals surface area contributed by atoms with Gasteiger partial charge in [-0.3, -0.25) is 0 Å². The number of hydrogen-bond donors (Lipinski definition) is 2. The molecule has 0 amide bonds. The molecule has 1 aliphatic carbocycles. The van der Waals surface area contributed by atoms with Crippen LogP contribution in [-0.2, 0) is 0 Å². The maximum atomic E-state index is 10.8. The second kappa shape index (κ2) is 6.93. The molecule has 4 nitrogen and oxygen atoms in total. The Morgan fingerprint density at radius 1 is 1.40 bits per heavy atom. The summed E-state index contributed by atoms with van der Waals surface area (Å²) in [5.41, 5.74) is 0. The van der Waals surface area contributed by atoms with Gasteiger partial charge in [-0.25, -0.2) is 4.79 Å². The van der Waals surface area contributed by atoms with Crippen molar-refractivity contribution in [3.8, 4) is 0 Å². The van der Waals surface area contributed by atoms with E-state index in [4.69, 9.17) is 9.52 Å². The van der Waals surface area contributed by atoms with Gasteiger partial charge in [0, 0.05) is 0 Å². The number of rotatable bonds is 6. The summed E-state index contributed by atoms with van der Waals surface area (Å²) < 4.78 is 5.30. The zero-order chi connectivity index (χ0) is 14.5. The van der Waals surface area contributed by atoms with Crippen LogP contribution in [0, 0.1) is 11.8 Å². The van der Waals surface area contributed by atoms with Crippen molar-refractivity contribution in [1.29, 1.82) is 0 Å². The summed E-state index contributed by atoms with van der Waals surface area (Å²) in [6.07, 6.45) is 6.62. The van der Waals surface area contributed by atoms with Crippen molar-refractivity contribution in [1.82, 2.24) is 5.32 Å². The fraction of sp³-hybridized carbons (Fsp3) is 0.688. The molecule has 0 saturated heterocycles. The summed E-state index contributed by atoms with van der Waals surface area (Å²) in [4.78, 5) is 10.8. The first-order valence-electron chi connectivity index (χ1n) is 7.62. The van der Waals surface area contributed by atoms with Crippen LogP contribution in [-0.4, -0.2) is 17.6 Å². The third-order valence-corrected chi connectivity index (χ3v) is 4.40. The predicted octanol–water partition coefficient (Wildman–Crippen LogP) is 3.84. The lowest BCUT2D eigenvalue weighted by molar-refractivity contribution is 0.0659. The Morgan fingerprint density at radius 2 is 2.10 bits per heavy atom. The first-order valence-corrected chi connectivity index (χ1v) is 7.62. The highest BCUT2D eigenvalue weighted by Gasteiger charge is 2.18. The molecule has 1 aliphatic rings. The molecule has 0 aromatic carbocycles. The molecular formula is C16H25NO3. The average molecular weight is 279 g/mol. The van der Waals surface area contributed by atoms with Crippen molar-refractivity contribution in [3.05, 3.63) is 23.7 Å². The molecule has 2 rings (SSSR count). The van der Waals surface area contributed by atoms with E-state index in [1.165, 1.54) is 38.2 Å². The van der Waals surface area contributed by atoms with Gasteiger partial charge in [-0.05, 0) is 43.9 Å². The zero-order valence-electron chi connectivity index (χ0n) is 12.4. The van der Waals surface area contributed by atoms with Gasteiger partial charge in [0.25, 0.3) is 0 Å². The molecule has 1 unspecified atom stereocenters. The lowest BCUT2D eigenvalue weighted by Crippen LogP contribution is -2.23. The molecule has 0 radical (unpaired) electrons. The molecule has 1 atom stereocenters. The smallest absolute Gasteiger partial charge is 0.371 e. The van der Waals surface area contributed by atoms with Crippen LogP contribution in [0.1, 0.15) is 68.3 Å². The third kappa shape index (κ3) is 4.10. The number of furan rings is 1. The molecule has 20 heavy (non-hydrogen) atoms. The van der Waals surface area contributed by atoms with E-state index in [1.54, 1.807) is 6.07 Å². The molecule has 0 bridgehead atoms. The number of aromatic carboxylic acids is 1. The predicted molar refractivity (Wildman–Crippen MR) is 77.8 cm³/mol. The van der Waals surface area contributed by atoms with E-state index < -0.39 is 5.97 Å². The van der Waals surface area contributed by atoms with Crippen molar-refractivity contribution >= 4 is 5.97 Å². The quantitative estimate of drug-likeness (QED) is 0.830. The van der Waals surface area contributed by atoms with Gasteiger partial charge in [0.1, 0.15) is 5.76 Å². The van der Waals surface area contributed by atoms with E-state index in [9.17, 15) is 4.79 Å². The highest BCUT2D eigenvalue weighted by Crippen LogP contribution is 2.30. The molecule has 1 heterocycles. The van der Waals surface area contributed by atoms with E-state index in [-0.39, 0.29) is 11.8 Å². The molecule has 1 aromatic rings. The highest BCUT2D eigenvalue weighted by atomic mass is 16.4. The second-order valence-electron chi connectivity index (χ2n) is 6.10. The first-order chi connectivity index (χ1) is 9.56. The second-order valence-corrected chi connectivity index (χ2v) is 6.10. The normalized spacial score (nSPS) is 24.5. The van der Waals surface area contributed by atoms with Crippen LogP contribution < -0.4 is 5.32 Å². The van der Waals surface area contributed by atoms with Crippen LogP contribution in [0.5, 0.6) is 0 Å². The zero-order valence-corrected chi connectivity index (χ0v) is 12.4. The first kappa shape index (κ1) is 15.1. The molecular weight excluding hydrogens is 254 g/mol. The van der Waals surface area contributed by atoms with Crippen LogP contribution in [0.2, 0.25) is 0 Å². The topological polar surface area (TPSA) is 62.5 Å². The molecule has 4 heteroatoms. The summed E-state index contributed by atoms with van der Waals surface area (Å²) in [6, 6.07) is 3.31. The molecule has 1 saturated carbocycles. The van der Waals surface area contributed by atoms with E-state index in [0.29, 0.717) is 5.76 Å². The Balaban J connectivity index is 1.71. The average Bonchev–Trinajstić information content (AvgIpc) is 2.91.